The first-order valence-corrected chi connectivity index (χ1v) is 7.21. The number of aromatic nitrogens is 2. The average molecular weight is 305 g/mol. The number of benzene rings is 1. The molecule has 0 saturated carbocycles. The third-order valence-corrected chi connectivity index (χ3v) is 4.32. The highest BCUT2D eigenvalue weighted by atomic mass is 19.2. The lowest BCUT2D eigenvalue weighted by Crippen LogP contribution is -2.27. The van der Waals surface area contributed by atoms with Crippen molar-refractivity contribution in [1.29, 1.82) is 0 Å². The van der Waals surface area contributed by atoms with Crippen molar-refractivity contribution in [2.75, 3.05) is 7.05 Å². The second-order valence-corrected chi connectivity index (χ2v) is 5.72. The Balaban J connectivity index is 2.13. The highest BCUT2D eigenvalue weighted by Gasteiger charge is 2.24. The summed E-state index contributed by atoms with van der Waals surface area (Å²) in [7, 11) is 2.00. The SMILES string of the molecule is CC1CCn2c(-c3ccc(F)c(F)c3)nc(C=O)c2CN1C. The molecule has 0 aliphatic carbocycles. The standard InChI is InChI=1S/C16H17F2N3O/c1-10-5-6-21-15(8-20(10)2)14(9-22)19-16(21)11-3-4-12(17)13(18)7-11/h3-4,7,9-10H,5-6,8H2,1-2H3. The maximum absolute atomic E-state index is 13.5. The summed E-state index contributed by atoms with van der Waals surface area (Å²) in [6, 6.07) is 4.06. The highest BCUT2D eigenvalue weighted by Crippen LogP contribution is 2.27. The summed E-state index contributed by atoms with van der Waals surface area (Å²) >= 11 is 0. The van der Waals surface area contributed by atoms with E-state index in [4.69, 9.17) is 0 Å². The van der Waals surface area contributed by atoms with E-state index in [0.717, 1.165) is 30.5 Å². The molecule has 2 heterocycles. The highest BCUT2D eigenvalue weighted by molar-refractivity contribution is 5.76. The molecule has 0 radical (unpaired) electrons. The Morgan fingerprint density at radius 1 is 1.32 bits per heavy atom. The predicted octanol–water partition coefficient (Wildman–Crippen LogP) is 2.86. The van der Waals surface area contributed by atoms with Crippen LogP contribution in [0.2, 0.25) is 0 Å². The first-order chi connectivity index (χ1) is 10.5. The Bertz CT molecular complexity index is 726. The Labute approximate surface area is 127 Å². The van der Waals surface area contributed by atoms with Gasteiger partial charge in [-0.1, -0.05) is 0 Å². The molecule has 0 amide bonds. The molecule has 1 aromatic carbocycles. The lowest BCUT2D eigenvalue weighted by Gasteiger charge is -2.20. The van der Waals surface area contributed by atoms with Crippen molar-refractivity contribution < 1.29 is 13.6 Å². The number of nitrogens with zero attached hydrogens (tertiary/aromatic N) is 3. The van der Waals surface area contributed by atoms with Crippen LogP contribution in [-0.2, 0) is 13.1 Å². The van der Waals surface area contributed by atoms with E-state index in [9.17, 15) is 13.6 Å². The lowest BCUT2D eigenvalue weighted by atomic mass is 10.2. The van der Waals surface area contributed by atoms with Crippen molar-refractivity contribution in [2.45, 2.75) is 32.5 Å². The number of carbonyl (C=O) groups is 1. The van der Waals surface area contributed by atoms with Crippen molar-refractivity contribution in [3.63, 3.8) is 0 Å². The minimum Gasteiger partial charge on any atom is -0.326 e. The van der Waals surface area contributed by atoms with Gasteiger partial charge in [0.15, 0.2) is 17.9 Å². The molecule has 6 heteroatoms. The van der Waals surface area contributed by atoms with E-state index in [0.29, 0.717) is 36.2 Å². The number of carbonyl (C=O) groups excluding carboxylic acids is 1. The van der Waals surface area contributed by atoms with Crippen molar-refractivity contribution in [1.82, 2.24) is 14.5 Å². The summed E-state index contributed by atoms with van der Waals surface area (Å²) < 4.78 is 28.6. The van der Waals surface area contributed by atoms with Crippen LogP contribution < -0.4 is 0 Å². The summed E-state index contributed by atoms with van der Waals surface area (Å²) in [5.41, 5.74) is 1.66. The van der Waals surface area contributed by atoms with Crippen LogP contribution in [0.25, 0.3) is 11.4 Å². The van der Waals surface area contributed by atoms with Crippen molar-refractivity contribution >= 4 is 6.29 Å². The quantitative estimate of drug-likeness (QED) is 0.801. The van der Waals surface area contributed by atoms with Crippen LogP contribution in [0.15, 0.2) is 18.2 Å². The fraction of sp³-hybridized carbons (Fsp3) is 0.375. The first-order valence-electron chi connectivity index (χ1n) is 7.21. The van der Waals surface area contributed by atoms with Gasteiger partial charge in [-0.25, -0.2) is 13.8 Å². The monoisotopic (exact) mass is 305 g/mol. The van der Waals surface area contributed by atoms with Crippen LogP contribution in [0.3, 0.4) is 0 Å². The molecule has 0 spiro atoms. The van der Waals surface area contributed by atoms with Gasteiger partial charge in [0.1, 0.15) is 11.5 Å². The zero-order chi connectivity index (χ0) is 15.9. The second-order valence-electron chi connectivity index (χ2n) is 5.72. The number of rotatable bonds is 2. The van der Waals surface area contributed by atoms with Gasteiger partial charge in [0.05, 0.1) is 5.69 Å². The van der Waals surface area contributed by atoms with E-state index in [1.165, 1.54) is 6.07 Å². The molecule has 1 atom stereocenters. The van der Waals surface area contributed by atoms with Gasteiger partial charge in [-0.2, -0.15) is 0 Å². The molecule has 1 aliphatic heterocycles. The van der Waals surface area contributed by atoms with Crippen LogP contribution in [0.5, 0.6) is 0 Å². The number of fused-ring (bicyclic) bond motifs is 1. The maximum Gasteiger partial charge on any atom is 0.170 e. The Morgan fingerprint density at radius 2 is 2.09 bits per heavy atom. The van der Waals surface area contributed by atoms with Crippen LogP contribution in [0.1, 0.15) is 29.5 Å². The van der Waals surface area contributed by atoms with Crippen molar-refractivity contribution in [3.05, 3.63) is 41.2 Å². The molecule has 1 unspecified atom stereocenters. The normalized spacial score (nSPS) is 18.8. The molecule has 1 aliphatic rings. The van der Waals surface area contributed by atoms with E-state index < -0.39 is 11.6 Å². The predicted molar refractivity (Wildman–Crippen MR) is 78.5 cm³/mol. The molecule has 0 N–H and O–H groups in total. The lowest BCUT2D eigenvalue weighted by molar-refractivity contribution is 0.111. The molecule has 4 nitrogen and oxygen atoms in total. The molecule has 116 valence electrons. The Hall–Kier alpha value is -2.08. The van der Waals surface area contributed by atoms with E-state index in [1.807, 2.05) is 11.6 Å². The summed E-state index contributed by atoms with van der Waals surface area (Å²) in [5, 5.41) is 0. The Morgan fingerprint density at radius 3 is 2.77 bits per heavy atom. The van der Waals surface area contributed by atoms with E-state index in [-0.39, 0.29) is 0 Å². The molecule has 0 fully saturated rings. The fourth-order valence-corrected chi connectivity index (χ4v) is 2.79. The second kappa shape index (κ2) is 5.61. The van der Waals surface area contributed by atoms with E-state index in [1.54, 1.807) is 0 Å². The number of aldehydes is 1. The number of hydrogen-bond acceptors (Lipinski definition) is 3. The number of imidazole rings is 1. The average Bonchev–Trinajstić information content (AvgIpc) is 2.77. The van der Waals surface area contributed by atoms with Gasteiger partial charge in [0.25, 0.3) is 0 Å². The smallest absolute Gasteiger partial charge is 0.170 e. The minimum absolute atomic E-state index is 0.362. The third-order valence-electron chi connectivity index (χ3n) is 4.32. The fourth-order valence-electron chi connectivity index (χ4n) is 2.79. The zero-order valence-electron chi connectivity index (χ0n) is 12.5. The topological polar surface area (TPSA) is 38.1 Å². The minimum atomic E-state index is -0.915. The summed E-state index contributed by atoms with van der Waals surface area (Å²) in [4.78, 5) is 17.8. The molecule has 0 bridgehead atoms. The van der Waals surface area contributed by atoms with Gasteiger partial charge >= 0.3 is 0 Å². The largest absolute Gasteiger partial charge is 0.326 e. The van der Waals surface area contributed by atoms with Gasteiger partial charge in [-0.3, -0.25) is 9.69 Å². The van der Waals surface area contributed by atoms with Crippen LogP contribution >= 0.6 is 0 Å². The summed E-state index contributed by atoms with van der Waals surface area (Å²) in [6.07, 6.45) is 1.62. The van der Waals surface area contributed by atoms with Gasteiger partial charge < -0.3 is 4.57 Å². The number of halogens is 2. The van der Waals surface area contributed by atoms with Crippen LogP contribution in [-0.4, -0.2) is 33.8 Å². The van der Waals surface area contributed by atoms with E-state index >= 15 is 0 Å². The van der Waals surface area contributed by atoms with Crippen molar-refractivity contribution in [2.24, 2.45) is 0 Å². The molecular formula is C16H17F2N3O. The van der Waals surface area contributed by atoms with Gasteiger partial charge in [0, 0.05) is 24.7 Å². The molecule has 0 saturated heterocycles. The van der Waals surface area contributed by atoms with Crippen molar-refractivity contribution in [3.8, 4) is 11.4 Å². The molecule has 22 heavy (non-hydrogen) atoms. The molecule has 3 rings (SSSR count). The van der Waals surface area contributed by atoms with E-state index in [2.05, 4.69) is 16.8 Å². The van der Waals surface area contributed by atoms with Gasteiger partial charge in [0.2, 0.25) is 0 Å². The number of hydrogen-bond donors (Lipinski definition) is 0. The van der Waals surface area contributed by atoms with Crippen LogP contribution in [0, 0.1) is 11.6 Å². The molecular weight excluding hydrogens is 288 g/mol. The molecule has 2 aromatic rings. The molecule has 1 aromatic heterocycles. The van der Waals surface area contributed by atoms with Crippen LogP contribution in [0.4, 0.5) is 8.78 Å². The Kier molecular flexibility index (Phi) is 3.78. The summed E-state index contributed by atoms with van der Waals surface area (Å²) in [6.45, 7) is 3.42. The van der Waals surface area contributed by atoms with Gasteiger partial charge in [-0.05, 0) is 38.6 Å². The van der Waals surface area contributed by atoms with Gasteiger partial charge in [-0.15, -0.1) is 0 Å². The third kappa shape index (κ3) is 2.43. The zero-order valence-corrected chi connectivity index (χ0v) is 12.5. The maximum atomic E-state index is 13.5. The summed E-state index contributed by atoms with van der Waals surface area (Å²) in [5.74, 6) is -1.30. The first kappa shape index (κ1) is 14.8.